The zero-order chi connectivity index (χ0) is 10.7. The minimum atomic E-state index is -0.315. The first kappa shape index (κ1) is 9.93. The summed E-state index contributed by atoms with van der Waals surface area (Å²) in [6.07, 6.45) is 4.02. The lowest BCUT2D eigenvalue weighted by Gasteiger charge is -2.08. The first-order chi connectivity index (χ1) is 7.31. The summed E-state index contributed by atoms with van der Waals surface area (Å²) in [5, 5.41) is 0. The normalized spacial score (nSPS) is 19.1. The van der Waals surface area contributed by atoms with Gasteiger partial charge >= 0.3 is 5.97 Å². The van der Waals surface area contributed by atoms with Gasteiger partial charge in [0.05, 0.1) is 19.3 Å². The zero-order valence-corrected chi connectivity index (χ0v) is 8.47. The van der Waals surface area contributed by atoms with Gasteiger partial charge in [-0.05, 0) is 17.7 Å². The molecule has 0 fully saturated rings. The molecule has 0 amide bonds. The maximum absolute atomic E-state index is 11.2. The van der Waals surface area contributed by atoms with Crippen molar-refractivity contribution in [3.63, 3.8) is 0 Å². The van der Waals surface area contributed by atoms with Crippen LogP contribution in [0.1, 0.15) is 22.0 Å². The van der Waals surface area contributed by atoms with E-state index in [2.05, 4.69) is 4.74 Å². The molecule has 15 heavy (non-hydrogen) atoms. The van der Waals surface area contributed by atoms with E-state index in [1.54, 1.807) is 12.1 Å². The number of hydrogen-bond acceptors (Lipinski definition) is 3. The average Bonchev–Trinajstić information content (AvgIpc) is 2.82. The molecule has 1 heterocycles. The van der Waals surface area contributed by atoms with Crippen molar-refractivity contribution < 1.29 is 14.3 Å². The van der Waals surface area contributed by atoms with Crippen LogP contribution in [0.3, 0.4) is 0 Å². The highest BCUT2D eigenvalue weighted by atomic mass is 16.5. The van der Waals surface area contributed by atoms with Crippen LogP contribution in [0.25, 0.3) is 0 Å². The van der Waals surface area contributed by atoms with Crippen molar-refractivity contribution >= 4 is 5.97 Å². The van der Waals surface area contributed by atoms with E-state index in [0.717, 1.165) is 5.56 Å². The van der Waals surface area contributed by atoms with Crippen molar-refractivity contribution in [2.75, 3.05) is 13.7 Å². The summed E-state index contributed by atoms with van der Waals surface area (Å²) in [4.78, 5) is 11.2. The number of benzene rings is 1. The molecule has 0 bridgehead atoms. The third-order valence-electron chi connectivity index (χ3n) is 2.34. The second-order valence-electron chi connectivity index (χ2n) is 3.30. The highest BCUT2D eigenvalue weighted by Gasteiger charge is 2.12. The van der Waals surface area contributed by atoms with Crippen LogP contribution < -0.4 is 0 Å². The Labute approximate surface area is 88.3 Å². The van der Waals surface area contributed by atoms with Crippen LogP contribution in [0.5, 0.6) is 0 Å². The molecule has 78 valence electrons. The molecule has 0 saturated heterocycles. The maximum Gasteiger partial charge on any atom is 0.337 e. The van der Waals surface area contributed by atoms with Crippen molar-refractivity contribution in [3.8, 4) is 0 Å². The van der Waals surface area contributed by atoms with E-state index in [9.17, 15) is 4.79 Å². The van der Waals surface area contributed by atoms with Gasteiger partial charge in [-0.15, -0.1) is 0 Å². The van der Waals surface area contributed by atoms with E-state index >= 15 is 0 Å². The molecule has 1 aromatic carbocycles. The Kier molecular flexibility index (Phi) is 2.83. The quantitative estimate of drug-likeness (QED) is 0.546. The Morgan fingerprint density at radius 3 is 2.67 bits per heavy atom. The lowest BCUT2D eigenvalue weighted by molar-refractivity contribution is 0.0600. The predicted octanol–water partition coefficient (Wildman–Crippen LogP) is 2.10. The largest absolute Gasteiger partial charge is 0.465 e. The Morgan fingerprint density at radius 2 is 2.13 bits per heavy atom. The number of carbonyl (C=O) groups excluding carboxylic acids is 1. The van der Waals surface area contributed by atoms with Crippen LogP contribution in [0.15, 0.2) is 36.4 Å². The molecule has 0 aliphatic carbocycles. The van der Waals surface area contributed by atoms with E-state index in [-0.39, 0.29) is 12.1 Å². The van der Waals surface area contributed by atoms with Crippen LogP contribution in [0, 0.1) is 0 Å². The van der Waals surface area contributed by atoms with Crippen LogP contribution in [-0.4, -0.2) is 19.7 Å². The Hall–Kier alpha value is -1.61. The molecule has 0 spiro atoms. The van der Waals surface area contributed by atoms with Crippen molar-refractivity contribution in [1.82, 2.24) is 0 Å². The highest BCUT2D eigenvalue weighted by molar-refractivity contribution is 5.89. The standard InChI is InChI=1S/C12H12O3/c1-14-12(13)10-6-4-9(5-7-10)11-3-2-8-15-11/h2-7,11H,8H2,1H3. The SMILES string of the molecule is COC(=O)c1ccc(C2C=CCO2)cc1. The van der Waals surface area contributed by atoms with Crippen molar-refractivity contribution in [3.05, 3.63) is 47.5 Å². The molecule has 1 aromatic rings. The first-order valence-corrected chi connectivity index (χ1v) is 4.78. The molecule has 3 nitrogen and oxygen atoms in total. The summed E-state index contributed by atoms with van der Waals surface area (Å²) in [7, 11) is 1.37. The number of hydrogen-bond donors (Lipinski definition) is 0. The molecular weight excluding hydrogens is 192 g/mol. The van der Waals surface area contributed by atoms with Crippen molar-refractivity contribution in [2.45, 2.75) is 6.10 Å². The van der Waals surface area contributed by atoms with Gasteiger partial charge in [0.25, 0.3) is 0 Å². The Balaban J connectivity index is 2.16. The summed E-state index contributed by atoms with van der Waals surface area (Å²) in [6.45, 7) is 0.656. The number of ether oxygens (including phenoxy) is 2. The first-order valence-electron chi connectivity index (χ1n) is 4.78. The third-order valence-corrected chi connectivity index (χ3v) is 2.34. The predicted molar refractivity (Wildman–Crippen MR) is 55.6 cm³/mol. The molecule has 2 rings (SSSR count). The van der Waals surface area contributed by atoms with Crippen LogP contribution in [0.4, 0.5) is 0 Å². The molecule has 0 N–H and O–H groups in total. The van der Waals surface area contributed by atoms with Gasteiger partial charge in [0.1, 0.15) is 6.10 Å². The van der Waals surface area contributed by atoms with Gasteiger partial charge in [0, 0.05) is 0 Å². The highest BCUT2D eigenvalue weighted by Crippen LogP contribution is 2.23. The second-order valence-corrected chi connectivity index (χ2v) is 3.30. The van der Waals surface area contributed by atoms with Gasteiger partial charge in [-0.3, -0.25) is 0 Å². The molecule has 1 unspecified atom stereocenters. The number of methoxy groups -OCH3 is 1. The molecular formula is C12H12O3. The molecule has 3 heteroatoms. The van der Waals surface area contributed by atoms with Crippen molar-refractivity contribution in [1.29, 1.82) is 0 Å². The van der Waals surface area contributed by atoms with Crippen molar-refractivity contribution in [2.24, 2.45) is 0 Å². The molecule has 0 aromatic heterocycles. The topological polar surface area (TPSA) is 35.5 Å². The van der Waals surface area contributed by atoms with Gasteiger partial charge in [-0.25, -0.2) is 4.79 Å². The Bertz CT molecular complexity index is 378. The summed E-state index contributed by atoms with van der Waals surface area (Å²) < 4.78 is 10.1. The zero-order valence-electron chi connectivity index (χ0n) is 8.47. The Morgan fingerprint density at radius 1 is 1.40 bits per heavy atom. The molecule has 0 radical (unpaired) electrons. The third kappa shape index (κ3) is 2.07. The number of carbonyl (C=O) groups is 1. The van der Waals surface area contributed by atoms with Gasteiger partial charge in [-0.1, -0.05) is 24.3 Å². The summed E-state index contributed by atoms with van der Waals surface area (Å²) in [5.41, 5.74) is 1.61. The van der Waals surface area contributed by atoms with Gasteiger partial charge in [0.15, 0.2) is 0 Å². The average molecular weight is 204 g/mol. The number of esters is 1. The fourth-order valence-electron chi connectivity index (χ4n) is 1.53. The molecule has 1 atom stereocenters. The minimum Gasteiger partial charge on any atom is -0.465 e. The van der Waals surface area contributed by atoms with E-state index in [4.69, 9.17) is 4.74 Å². The minimum absolute atomic E-state index is 0.0247. The fraction of sp³-hybridized carbons (Fsp3) is 0.250. The van der Waals surface area contributed by atoms with Gasteiger partial charge in [0.2, 0.25) is 0 Å². The van der Waals surface area contributed by atoms with E-state index in [0.29, 0.717) is 12.2 Å². The second kappa shape index (κ2) is 4.28. The number of rotatable bonds is 2. The lowest BCUT2D eigenvalue weighted by atomic mass is 10.1. The van der Waals surface area contributed by atoms with Crippen LogP contribution >= 0.6 is 0 Å². The van der Waals surface area contributed by atoms with Crippen LogP contribution in [-0.2, 0) is 9.47 Å². The molecule has 1 aliphatic heterocycles. The molecule has 0 saturated carbocycles. The summed E-state index contributed by atoms with van der Waals surface area (Å²) in [5.74, 6) is -0.315. The van der Waals surface area contributed by atoms with E-state index in [1.165, 1.54) is 7.11 Å². The molecule has 1 aliphatic rings. The van der Waals surface area contributed by atoms with Crippen LogP contribution in [0.2, 0.25) is 0 Å². The lowest BCUT2D eigenvalue weighted by Crippen LogP contribution is -2.02. The van der Waals surface area contributed by atoms with E-state index < -0.39 is 0 Å². The summed E-state index contributed by atoms with van der Waals surface area (Å²) >= 11 is 0. The van der Waals surface area contributed by atoms with Gasteiger partial charge in [-0.2, -0.15) is 0 Å². The fourth-order valence-corrected chi connectivity index (χ4v) is 1.53. The summed E-state index contributed by atoms with van der Waals surface area (Å²) in [6, 6.07) is 7.26. The van der Waals surface area contributed by atoms with E-state index in [1.807, 2.05) is 24.3 Å². The monoisotopic (exact) mass is 204 g/mol. The maximum atomic E-state index is 11.2. The smallest absolute Gasteiger partial charge is 0.337 e. The van der Waals surface area contributed by atoms with Gasteiger partial charge < -0.3 is 9.47 Å².